The van der Waals surface area contributed by atoms with Gasteiger partial charge in [-0.1, -0.05) is 27.7 Å². The van der Waals surface area contributed by atoms with Gasteiger partial charge in [0, 0.05) is 24.9 Å². The van der Waals surface area contributed by atoms with E-state index in [4.69, 9.17) is 5.11 Å². The minimum absolute atomic E-state index is 0.0714. The highest BCUT2D eigenvalue weighted by atomic mass is 32.2. The third kappa shape index (κ3) is 5.65. The van der Waals surface area contributed by atoms with E-state index in [1.807, 2.05) is 27.7 Å². The number of benzene rings is 1. The molecule has 0 spiro atoms. The van der Waals surface area contributed by atoms with Crippen LogP contribution in [0.15, 0.2) is 40.9 Å². The van der Waals surface area contributed by atoms with E-state index in [1.54, 1.807) is 12.1 Å². The van der Waals surface area contributed by atoms with Gasteiger partial charge in [-0.05, 0) is 36.1 Å². The summed E-state index contributed by atoms with van der Waals surface area (Å²) in [5.41, 5.74) is 0.571. The Labute approximate surface area is 172 Å². The summed E-state index contributed by atoms with van der Waals surface area (Å²) < 4.78 is 27.6. The van der Waals surface area contributed by atoms with Crippen LogP contribution in [0.25, 0.3) is 0 Å². The van der Waals surface area contributed by atoms with E-state index in [0.717, 1.165) is 11.0 Å². The molecule has 1 aliphatic rings. The molecule has 1 aliphatic heterocycles. The lowest BCUT2D eigenvalue weighted by molar-refractivity contribution is -0.137. The van der Waals surface area contributed by atoms with Crippen molar-refractivity contribution in [2.24, 2.45) is 11.8 Å². The Morgan fingerprint density at radius 3 is 2.07 bits per heavy atom. The highest BCUT2D eigenvalue weighted by Gasteiger charge is 2.31. The maximum Gasteiger partial charge on any atom is 0.277 e. The third-order valence-electron chi connectivity index (χ3n) is 4.24. The number of β-amino-alcohol motifs (C(OH)–C–C–N with tert-alkyl or cyclic N) is 1. The average molecular weight is 424 g/mol. The Morgan fingerprint density at radius 2 is 1.59 bits per heavy atom. The van der Waals surface area contributed by atoms with Crippen LogP contribution >= 0.6 is 0 Å². The van der Waals surface area contributed by atoms with E-state index in [9.17, 15) is 18.0 Å². The van der Waals surface area contributed by atoms with Gasteiger partial charge in [0.05, 0.1) is 18.0 Å². The van der Waals surface area contributed by atoms with Crippen LogP contribution in [0.4, 0.5) is 5.69 Å². The molecule has 29 heavy (non-hydrogen) atoms. The minimum Gasteiger partial charge on any atom is -0.395 e. The van der Waals surface area contributed by atoms with Crippen molar-refractivity contribution in [3.8, 4) is 0 Å². The number of carbonyl (C=O) groups is 2. The second kappa shape index (κ2) is 9.51. The molecule has 0 atom stereocenters. The van der Waals surface area contributed by atoms with E-state index >= 15 is 0 Å². The molecule has 2 N–H and O–H groups in total. The third-order valence-corrected chi connectivity index (χ3v) is 6.09. The van der Waals surface area contributed by atoms with Crippen LogP contribution in [-0.4, -0.2) is 60.8 Å². The molecule has 160 valence electrons. The van der Waals surface area contributed by atoms with Crippen molar-refractivity contribution in [3.63, 3.8) is 0 Å². The molecule has 0 radical (unpaired) electrons. The smallest absolute Gasteiger partial charge is 0.277 e. The number of nitrogens with zero attached hydrogens (tertiary/aromatic N) is 2. The summed E-state index contributed by atoms with van der Waals surface area (Å²) in [6.07, 6.45) is 1.16. The van der Waals surface area contributed by atoms with Crippen molar-refractivity contribution >= 4 is 27.5 Å². The van der Waals surface area contributed by atoms with Gasteiger partial charge in [0.25, 0.3) is 11.8 Å². The Balaban J connectivity index is 2.18. The van der Waals surface area contributed by atoms with Crippen LogP contribution in [0.1, 0.15) is 27.7 Å². The molecule has 2 amide bonds. The molecule has 8 nitrogen and oxygen atoms in total. The van der Waals surface area contributed by atoms with E-state index in [-0.39, 0.29) is 35.6 Å². The van der Waals surface area contributed by atoms with Gasteiger partial charge < -0.3 is 10.4 Å². The van der Waals surface area contributed by atoms with Gasteiger partial charge >= 0.3 is 0 Å². The van der Waals surface area contributed by atoms with Gasteiger partial charge in [-0.2, -0.15) is 4.31 Å². The summed E-state index contributed by atoms with van der Waals surface area (Å²) in [5, 5.41) is 11.8. The van der Waals surface area contributed by atoms with E-state index in [1.165, 1.54) is 16.4 Å². The van der Waals surface area contributed by atoms with Crippen molar-refractivity contribution in [1.82, 2.24) is 9.21 Å². The highest BCUT2D eigenvalue weighted by molar-refractivity contribution is 7.89. The van der Waals surface area contributed by atoms with Crippen molar-refractivity contribution in [1.29, 1.82) is 0 Å². The predicted octanol–water partition coefficient (Wildman–Crippen LogP) is 1.65. The largest absolute Gasteiger partial charge is 0.395 e. The van der Waals surface area contributed by atoms with Crippen LogP contribution in [-0.2, 0) is 19.6 Å². The Hall–Kier alpha value is -2.23. The summed E-state index contributed by atoms with van der Waals surface area (Å²) in [5.74, 6) is -0.627. The predicted molar refractivity (Wildman–Crippen MR) is 110 cm³/mol. The number of imide groups is 1. The first-order valence-electron chi connectivity index (χ1n) is 9.62. The first-order valence-corrected chi connectivity index (χ1v) is 11.1. The number of anilines is 1. The van der Waals surface area contributed by atoms with Crippen molar-refractivity contribution in [2.45, 2.75) is 32.6 Å². The molecule has 0 aromatic heterocycles. The molecular formula is C20H29N3O5S. The molecule has 0 aliphatic carbocycles. The monoisotopic (exact) mass is 423 g/mol. The Morgan fingerprint density at radius 1 is 1.03 bits per heavy atom. The van der Waals surface area contributed by atoms with Crippen molar-refractivity contribution in [3.05, 3.63) is 36.0 Å². The molecule has 9 heteroatoms. The van der Waals surface area contributed by atoms with Crippen LogP contribution in [0, 0.1) is 11.8 Å². The summed E-state index contributed by atoms with van der Waals surface area (Å²) >= 11 is 0. The maximum atomic E-state index is 13.0. The molecule has 1 aromatic carbocycles. The zero-order valence-electron chi connectivity index (χ0n) is 17.3. The molecule has 0 saturated carbocycles. The standard InChI is InChI=1S/C20H29N3O5S/c1-14(2)12-22(13-15(3)4)29(27,28)17-7-5-16(6-8-17)21-18-11-19(25)23(9-10-24)20(18)26/h5-8,11,14-15,21,24H,9-10,12-13H2,1-4H3. The molecule has 0 fully saturated rings. The van der Waals surface area contributed by atoms with E-state index in [0.29, 0.717) is 18.8 Å². The van der Waals surface area contributed by atoms with Crippen LogP contribution < -0.4 is 5.32 Å². The first-order chi connectivity index (χ1) is 13.6. The number of aliphatic hydroxyl groups excluding tert-OH is 1. The molecular weight excluding hydrogens is 394 g/mol. The van der Waals surface area contributed by atoms with Crippen LogP contribution in [0.2, 0.25) is 0 Å². The van der Waals surface area contributed by atoms with Crippen LogP contribution in [0.3, 0.4) is 0 Å². The van der Waals surface area contributed by atoms with Gasteiger partial charge in [0.1, 0.15) is 5.70 Å². The minimum atomic E-state index is -3.64. The van der Waals surface area contributed by atoms with Gasteiger partial charge in [-0.3, -0.25) is 14.5 Å². The molecule has 0 saturated heterocycles. The lowest BCUT2D eigenvalue weighted by Crippen LogP contribution is -2.37. The Kier molecular flexibility index (Phi) is 7.56. The number of amides is 2. The Bertz CT molecular complexity index is 866. The average Bonchev–Trinajstić information content (AvgIpc) is 2.89. The molecule has 0 bridgehead atoms. The molecule has 2 rings (SSSR count). The van der Waals surface area contributed by atoms with Gasteiger partial charge in [-0.15, -0.1) is 0 Å². The number of rotatable bonds is 10. The fourth-order valence-electron chi connectivity index (χ4n) is 3.01. The first kappa shape index (κ1) is 23.1. The van der Waals surface area contributed by atoms with E-state index < -0.39 is 21.8 Å². The van der Waals surface area contributed by atoms with Gasteiger partial charge in [-0.25, -0.2) is 8.42 Å². The SMILES string of the molecule is CC(C)CN(CC(C)C)S(=O)(=O)c1ccc(NC2=CC(=O)N(CCO)C2=O)cc1. The fraction of sp³-hybridized carbons (Fsp3) is 0.500. The summed E-state index contributed by atoms with van der Waals surface area (Å²) in [4.78, 5) is 25.1. The quantitative estimate of drug-likeness (QED) is 0.554. The second-order valence-corrected chi connectivity index (χ2v) is 9.77. The summed E-state index contributed by atoms with van der Waals surface area (Å²) in [6, 6.07) is 6.09. The van der Waals surface area contributed by atoms with Crippen molar-refractivity contribution < 1.29 is 23.1 Å². The summed E-state index contributed by atoms with van der Waals surface area (Å²) in [6.45, 7) is 8.39. The number of sulfonamides is 1. The topological polar surface area (TPSA) is 107 Å². The van der Waals surface area contributed by atoms with Gasteiger partial charge in [0.15, 0.2) is 0 Å². The zero-order valence-corrected chi connectivity index (χ0v) is 18.1. The number of nitrogens with one attached hydrogen (secondary N) is 1. The number of hydrogen-bond donors (Lipinski definition) is 2. The molecule has 1 aromatic rings. The maximum absolute atomic E-state index is 13.0. The number of aliphatic hydroxyl groups is 1. The zero-order chi connectivity index (χ0) is 21.8. The number of hydrogen-bond acceptors (Lipinski definition) is 6. The molecule has 1 heterocycles. The lowest BCUT2D eigenvalue weighted by atomic mass is 10.2. The van der Waals surface area contributed by atoms with Crippen LogP contribution in [0.5, 0.6) is 0 Å². The lowest BCUT2D eigenvalue weighted by Gasteiger charge is -2.25. The molecule has 0 unspecified atom stereocenters. The summed E-state index contributed by atoms with van der Waals surface area (Å²) in [7, 11) is -3.64. The fourth-order valence-corrected chi connectivity index (χ4v) is 4.78. The van der Waals surface area contributed by atoms with Gasteiger partial charge in [0.2, 0.25) is 10.0 Å². The normalized spacial score (nSPS) is 15.0. The second-order valence-electron chi connectivity index (χ2n) is 7.84. The number of carbonyl (C=O) groups excluding carboxylic acids is 2. The van der Waals surface area contributed by atoms with Crippen molar-refractivity contribution in [2.75, 3.05) is 31.6 Å². The van der Waals surface area contributed by atoms with E-state index in [2.05, 4.69) is 5.32 Å². The highest BCUT2D eigenvalue weighted by Crippen LogP contribution is 2.22.